The molecule has 6 nitrogen and oxygen atoms in total. The van der Waals surface area contributed by atoms with Crippen molar-refractivity contribution in [3.8, 4) is 0 Å². The summed E-state index contributed by atoms with van der Waals surface area (Å²) in [5.74, 6) is -0.412. The highest BCUT2D eigenvalue weighted by atomic mass is 35.5. The van der Waals surface area contributed by atoms with Gasteiger partial charge in [0.05, 0.1) is 10.7 Å². The monoisotopic (exact) mass is 497 g/mol. The minimum Gasteiger partial charge on any atom is -0.372 e. The maximum Gasteiger partial charge on any atom is 0.263 e. The summed E-state index contributed by atoms with van der Waals surface area (Å²) >= 11 is 6.21. The summed E-state index contributed by atoms with van der Waals surface area (Å²) in [7, 11) is -3.99. The molecule has 0 atom stereocenters. The van der Waals surface area contributed by atoms with Gasteiger partial charge in [-0.15, -0.1) is 0 Å². The Morgan fingerprint density at radius 2 is 1.62 bits per heavy atom. The molecule has 0 aromatic heterocycles. The summed E-state index contributed by atoms with van der Waals surface area (Å²) in [5, 5.41) is 2.88. The number of aryl methyl sites for hydroxylation is 2. The highest BCUT2D eigenvalue weighted by Gasteiger charge is 2.21. The lowest BCUT2D eigenvalue weighted by Gasteiger charge is -2.28. The summed E-state index contributed by atoms with van der Waals surface area (Å²) in [6, 6.07) is 17.4. The first kappa shape index (κ1) is 24.1. The Morgan fingerprint density at radius 3 is 2.29 bits per heavy atom. The number of carbonyl (C=O) groups is 1. The minimum absolute atomic E-state index is 0.0414. The minimum atomic E-state index is -3.99. The standard InChI is InChI=1S/C26H28ClN3O3S/c1-18-6-13-24(19(2)16-18)29-34(32,33)25-17-20(7-12-23(25)27)26(31)28-21-8-10-22(11-9-21)30-14-4-3-5-15-30/h6-13,16-17,29H,3-5,14-15H2,1-2H3,(H,28,31). The first-order chi connectivity index (χ1) is 16.2. The van der Waals surface area contributed by atoms with Crippen molar-refractivity contribution in [2.24, 2.45) is 0 Å². The molecule has 1 amide bonds. The van der Waals surface area contributed by atoms with Gasteiger partial charge < -0.3 is 10.2 Å². The summed E-state index contributed by atoms with van der Waals surface area (Å²) < 4.78 is 28.7. The number of nitrogens with zero attached hydrogens (tertiary/aromatic N) is 1. The van der Waals surface area contributed by atoms with Crippen LogP contribution >= 0.6 is 11.6 Å². The highest BCUT2D eigenvalue weighted by molar-refractivity contribution is 7.92. The Hall–Kier alpha value is -3.03. The van der Waals surface area contributed by atoms with E-state index >= 15 is 0 Å². The van der Waals surface area contributed by atoms with Crippen molar-refractivity contribution in [2.45, 2.75) is 38.0 Å². The number of anilines is 3. The Bertz CT molecular complexity index is 1300. The van der Waals surface area contributed by atoms with Crippen molar-refractivity contribution in [1.29, 1.82) is 0 Å². The van der Waals surface area contributed by atoms with Crippen LogP contribution in [0, 0.1) is 13.8 Å². The van der Waals surface area contributed by atoms with Crippen LogP contribution < -0.4 is 14.9 Å². The Kier molecular flexibility index (Phi) is 7.14. The lowest BCUT2D eigenvalue weighted by atomic mass is 10.1. The van der Waals surface area contributed by atoms with Crippen LogP contribution in [0.4, 0.5) is 17.1 Å². The van der Waals surface area contributed by atoms with Gasteiger partial charge in [-0.05, 0) is 87.2 Å². The fraction of sp³-hybridized carbons (Fsp3) is 0.269. The quantitative estimate of drug-likeness (QED) is 0.437. The van der Waals surface area contributed by atoms with E-state index in [0.717, 1.165) is 29.9 Å². The van der Waals surface area contributed by atoms with Crippen LogP contribution in [0.2, 0.25) is 5.02 Å². The van der Waals surface area contributed by atoms with Crippen molar-refractivity contribution in [3.05, 3.63) is 82.4 Å². The van der Waals surface area contributed by atoms with E-state index in [2.05, 4.69) is 14.9 Å². The Morgan fingerprint density at radius 1 is 0.912 bits per heavy atom. The largest absolute Gasteiger partial charge is 0.372 e. The predicted molar refractivity (Wildman–Crippen MR) is 139 cm³/mol. The van der Waals surface area contributed by atoms with Crippen molar-refractivity contribution in [2.75, 3.05) is 28.0 Å². The molecule has 0 unspecified atom stereocenters. The molecule has 1 fully saturated rings. The van der Waals surface area contributed by atoms with Gasteiger partial charge in [-0.2, -0.15) is 0 Å². The van der Waals surface area contributed by atoms with Crippen LogP contribution in [0.3, 0.4) is 0 Å². The van der Waals surface area contributed by atoms with Crippen LogP contribution in [-0.4, -0.2) is 27.4 Å². The van der Waals surface area contributed by atoms with Crippen LogP contribution in [0.1, 0.15) is 40.7 Å². The second kappa shape index (κ2) is 10.1. The number of hydrogen-bond acceptors (Lipinski definition) is 4. The number of rotatable bonds is 6. The van der Waals surface area contributed by atoms with Gasteiger partial charge >= 0.3 is 0 Å². The first-order valence-electron chi connectivity index (χ1n) is 11.3. The molecule has 1 heterocycles. The second-order valence-electron chi connectivity index (χ2n) is 8.62. The zero-order valence-corrected chi connectivity index (χ0v) is 20.8. The third kappa shape index (κ3) is 5.54. The molecule has 8 heteroatoms. The molecule has 178 valence electrons. The molecule has 0 saturated carbocycles. The average molecular weight is 498 g/mol. The van der Waals surface area contributed by atoms with E-state index < -0.39 is 15.9 Å². The number of carbonyl (C=O) groups excluding carboxylic acids is 1. The van der Waals surface area contributed by atoms with Gasteiger partial charge in [0.2, 0.25) is 0 Å². The molecule has 0 radical (unpaired) electrons. The molecular weight excluding hydrogens is 470 g/mol. The average Bonchev–Trinajstić information content (AvgIpc) is 2.82. The van der Waals surface area contributed by atoms with Gasteiger partial charge in [0, 0.05) is 30.0 Å². The second-order valence-corrected chi connectivity index (χ2v) is 10.7. The maximum atomic E-state index is 13.0. The number of nitrogens with one attached hydrogen (secondary N) is 2. The highest BCUT2D eigenvalue weighted by Crippen LogP contribution is 2.27. The zero-order valence-electron chi connectivity index (χ0n) is 19.3. The van der Waals surface area contributed by atoms with E-state index in [-0.39, 0.29) is 15.5 Å². The van der Waals surface area contributed by atoms with Crippen molar-refractivity contribution < 1.29 is 13.2 Å². The molecule has 0 spiro atoms. The van der Waals surface area contributed by atoms with Crippen LogP contribution in [0.5, 0.6) is 0 Å². The molecule has 0 bridgehead atoms. The van der Waals surface area contributed by atoms with Gasteiger partial charge in [-0.3, -0.25) is 9.52 Å². The van der Waals surface area contributed by atoms with Gasteiger partial charge in [0.25, 0.3) is 15.9 Å². The SMILES string of the molecule is Cc1ccc(NS(=O)(=O)c2cc(C(=O)Nc3ccc(N4CCCCC4)cc3)ccc2Cl)c(C)c1. The molecule has 4 rings (SSSR count). The van der Waals surface area contributed by atoms with Crippen LogP contribution in [0.15, 0.2) is 65.6 Å². The van der Waals surface area contributed by atoms with Crippen molar-refractivity contribution in [3.63, 3.8) is 0 Å². The van der Waals surface area contributed by atoms with Crippen LogP contribution in [0.25, 0.3) is 0 Å². The fourth-order valence-electron chi connectivity index (χ4n) is 4.09. The molecule has 3 aromatic rings. The predicted octanol–water partition coefficient (Wildman–Crippen LogP) is 6.00. The number of halogens is 1. The first-order valence-corrected chi connectivity index (χ1v) is 13.1. The Labute approximate surface area is 206 Å². The number of sulfonamides is 1. The van der Waals surface area contributed by atoms with Gasteiger partial charge in [-0.25, -0.2) is 8.42 Å². The summed E-state index contributed by atoms with van der Waals surface area (Å²) in [6.45, 7) is 5.85. The van der Waals surface area contributed by atoms with E-state index in [9.17, 15) is 13.2 Å². The Balaban J connectivity index is 1.51. The molecule has 3 aromatic carbocycles. The fourth-order valence-corrected chi connectivity index (χ4v) is 5.75. The van der Waals surface area contributed by atoms with Gasteiger partial charge in [0.1, 0.15) is 4.90 Å². The molecule has 0 aliphatic carbocycles. The number of piperidine rings is 1. The maximum absolute atomic E-state index is 13.0. The molecular formula is C26H28ClN3O3S. The number of hydrogen-bond donors (Lipinski definition) is 2. The van der Waals surface area contributed by atoms with Crippen molar-refractivity contribution in [1.82, 2.24) is 0 Å². The third-order valence-electron chi connectivity index (χ3n) is 5.96. The molecule has 2 N–H and O–H groups in total. The topological polar surface area (TPSA) is 78.5 Å². The normalized spacial score (nSPS) is 14.0. The molecule has 1 aliphatic rings. The molecule has 1 aliphatic heterocycles. The lowest BCUT2D eigenvalue weighted by Crippen LogP contribution is -2.29. The zero-order chi connectivity index (χ0) is 24.3. The molecule has 1 saturated heterocycles. The lowest BCUT2D eigenvalue weighted by molar-refractivity contribution is 0.102. The molecule has 34 heavy (non-hydrogen) atoms. The number of amides is 1. The van der Waals surface area contributed by atoms with Gasteiger partial charge in [0.15, 0.2) is 0 Å². The summed E-state index contributed by atoms with van der Waals surface area (Å²) in [5.41, 5.74) is 4.26. The van der Waals surface area contributed by atoms with E-state index in [1.165, 1.54) is 37.5 Å². The van der Waals surface area contributed by atoms with E-state index in [4.69, 9.17) is 11.6 Å². The third-order valence-corrected chi connectivity index (χ3v) is 7.80. The summed E-state index contributed by atoms with van der Waals surface area (Å²) in [4.78, 5) is 15.1. The number of benzene rings is 3. The van der Waals surface area contributed by atoms with Gasteiger partial charge in [-0.1, -0.05) is 29.3 Å². The van der Waals surface area contributed by atoms with Crippen LogP contribution in [-0.2, 0) is 10.0 Å². The van der Waals surface area contributed by atoms with E-state index in [1.807, 2.05) is 50.2 Å². The van der Waals surface area contributed by atoms with E-state index in [1.54, 1.807) is 6.07 Å². The summed E-state index contributed by atoms with van der Waals surface area (Å²) in [6.07, 6.45) is 3.65. The smallest absolute Gasteiger partial charge is 0.263 e. The van der Waals surface area contributed by atoms with Crippen molar-refractivity contribution >= 4 is 44.6 Å². The van der Waals surface area contributed by atoms with E-state index in [0.29, 0.717) is 11.4 Å².